The van der Waals surface area contributed by atoms with E-state index in [-0.39, 0.29) is 11.9 Å². The van der Waals surface area contributed by atoms with Gasteiger partial charge in [0, 0.05) is 43.5 Å². The van der Waals surface area contributed by atoms with E-state index in [1.54, 1.807) is 24.5 Å². The lowest BCUT2D eigenvalue weighted by Gasteiger charge is -2.32. The highest BCUT2D eigenvalue weighted by Crippen LogP contribution is 2.25. The lowest BCUT2D eigenvalue weighted by Crippen LogP contribution is -2.41. The Kier molecular flexibility index (Phi) is 8.27. The summed E-state index contributed by atoms with van der Waals surface area (Å²) in [6, 6.07) is 17.8. The van der Waals surface area contributed by atoms with Crippen molar-refractivity contribution in [1.82, 2.24) is 15.2 Å². The third-order valence-electron chi connectivity index (χ3n) is 6.38. The maximum absolute atomic E-state index is 12.8. The number of benzene rings is 2. The van der Waals surface area contributed by atoms with Gasteiger partial charge in [-0.25, -0.2) is 4.79 Å². The van der Waals surface area contributed by atoms with Crippen LogP contribution in [0.3, 0.4) is 0 Å². The van der Waals surface area contributed by atoms with Crippen molar-refractivity contribution in [2.45, 2.75) is 32.1 Å². The zero-order chi connectivity index (χ0) is 23.6. The molecule has 6 heteroatoms. The maximum atomic E-state index is 12.8. The van der Waals surface area contributed by atoms with Crippen LogP contribution in [0.2, 0.25) is 0 Å². The first-order valence-corrected chi connectivity index (χ1v) is 12.1. The molecule has 0 spiro atoms. The number of fused-ring (bicyclic) bond motifs is 1. The molecule has 3 amide bonds. The first-order chi connectivity index (χ1) is 16.7. The molecule has 0 radical (unpaired) electrons. The summed E-state index contributed by atoms with van der Waals surface area (Å²) in [6.07, 6.45) is 12.0. The van der Waals surface area contributed by atoms with Crippen LogP contribution in [-0.4, -0.2) is 41.5 Å². The molecule has 34 heavy (non-hydrogen) atoms. The molecule has 3 aromatic rings. The van der Waals surface area contributed by atoms with Crippen molar-refractivity contribution in [3.8, 4) is 0 Å². The number of aromatic nitrogens is 1. The van der Waals surface area contributed by atoms with Crippen LogP contribution in [0, 0.1) is 5.92 Å². The molecule has 1 fully saturated rings. The van der Waals surface area contributed by atoms with Crippen LogP contribution in [-0.2, 0) is 4.79 Å². The van der Waals surface area contributed by atoms with Gasteiger partial charge in [-0.3, -0.25) is 9.78 Å². The summed E-state index contributed by atoms with van der Waals surface area (Å²) in [5.41, 5.74) is 1.78. The number of piperidine rings is 1. The average Bonchev–Trinajstić information content (AvgIpc) is 2.88. The summed E-state index contributed by atoms with van der Waals surface area (Å²) >= 11 is 0. The summed E-state index contributed by atoms with van der Waals surface area (Å²) in [5.74, 6) is 0.567. The van der Waals surface area contributed by atoms with Crippen LogP contribution in [0.1, 0.15) is 37.7 Å². The van der Waals surface area contributed by atoms with Crippen LogP contribution >= 0.6 is 0 Å². The minimum atomic E-state index is -0.0747. The normalized spacial score (nSPS) is 14.4. The Labute approximate surface area is 201 Å². The number of urea groups is 1. The smallest absolute Gasteiger partial charge is 0.321 e. The SMILES string of the molecule is O=C(C=Cc1cccnc1)NCCCCC1CCN(C(=O)Nc2cccc3ccccc23)CC1. The van der Waals surface area contributed by atoms with Gasteiger partial charge in [0.25, 0.3) is 0 Å². The minimum Gasteiger partial charge on any atom is -0.353 e. The molecule has 176 valence electrons. The van der Waals surface area contributed by atoms with Crippen molar-refractivity contribution in [2.75, 3.05) is 25.0 Å². The lowest BCUT2D eigenvalue weighted by molar-refractivity contribution is -0.116. The molecular weight excluding hydrogens is 424 g/mol. The lowest BCUT2D eigenvalue weighted by atomic mass is 9.91. The molecule has 2 aromatic carbocycles. The molecule has 0 saturated carbocycles. The van der Waals surface area contributed by atoms with Crippen LogP contribution in [0.15, 0.2) is 73.1 Å². The molecule has 1 aromatic heterocycles. The zero-order valence-electron chi connectivity index (χ0n) is 19.5. The molecule has 0 aliphatic carbocycles. The van der Waals surface area contributed by atoms with Crippen LogP contribution in [0.25, 0.3) is 16.8 Å². The van der Waals surface area contributed by atoms with Crippen molar-refractivity contribution >= 4 is 34.5 Å². The number of nitrogens with zero attached hydrogens (tertiary/aromatic N) is 2. The van der Waals surface area contributed by atoms with Crippen molar-refractivity contribution < 1.29 is 9.59 Å². The highest BCUT2D eigenvalue weighted by atomic mass is 16.2. The molecule has 1 aliphatic rings. The molecule has 6 nitrogen and oxygen atoms in total. The van der Waals surface area contributed by atoms with E-state index in [2.05, 4.69) is 27.8 Å². The molecule has 0 unspecified atom stereocenters. The van der Waals surface area contributed by atoms with Crippen molar-refractivity contribution in [2.24, 2.45) is 5.92 Å². The highest BCUT2D eigenvalue weighted by molar-refractivity contribution is 6.01. The Hall–Kier alpha value is -3.67. The third kappa shape index (κ3) is 6.67. The quantitative estimate of drug-likeness (QED) is 0.348. The van der Waals surface area contributed by atoms with Gasteiger partial charge in [-0.15, -0.1) is 0 Å². The van der Waals surface area contributed by atoms with E-state index in [1.165, 1.54) is 0 Å². The second kappa shape index (κ2) is 12.0. The number of nitrogens with one attached hydrogen (secondary N) is 2. The fourth-order valence-corrected chi connectivity index (χ4v) is 4.43. The van der Waals surface area contributed by atoms with E-state index in [0.717, 1.165) is 67.2 Å². The van der Waals surface area contributed by atoms with Gasteiger partial charge in [-0.1, -0.05) is 55.3 Å². The summed E-state index contributed by atoms with van der Waals surface area (Å²) in [6.45, 7) is 2.26. The number of anilines is 1. The van der Waals surface area contributed by atoms with E-state index in [4.69, 9.17) is 0 Å². The summed E-state index contributed by atoms with van der Waals surface area (Å²) in [4.78, 5) is 30.7. The molecular formula is C28H32N4O2. The summed E-state index contributed by atoms with van der Waals surface area (Å²) in [7, 11) is 0. The molecule has 4 rings (SSSR count). The monoisotopic (exact) mass is 456 g/mol. The Bertz CT molecular complexity index is 1120. The summed E-state index contributed by atoms with van der Waals surface area (Å²) in [5, 5.41) is 8.23. The number of carbonyl (C=O) groups excluding carboxylic acids is 2. The van der Waals surface area contributed by atoms with Crippen LogP contribution < -0.4 is 10.6 Å². The Morgan fingerprint density at radius 1 is 1.00 bits per heavy atom. The third-order valence-corrected chi connectivity index (χ3v) is 6.38. The van der Waals surface area contributed by atoms with Crippen LogP contribution in [0.5, 0.6) is 0 Å². The molecule has 0 atom stereocenters. The average molecular weight is 457 g/mol. The van der Waals surface area contributed by atoms with Gasteiger partial charge in [-0.05, 0) is 54.3 Å². The predicted octanol–water partition coefficient (Wildman–Crippen LogP) is 5.48. The van der Waals surface area contributed by atoms with Gasteiger partial charge in [0.1, 0.15) is 0 Å². The highest BCUT2D eigenvalue weighted by Gasteiger charge is 2.22. The number of carbonyl (C=O) groups is 2. The number of pyridine rings is 1. The van der Waals surface area contributed by atoms with Crippen molar-refractivity contribution in [1.29, 1.82) is 0 Å². The molecule has 1 saturated heterocycles. The fraction of sp³-hybridized carbons (Fsp3) is 0.321. The number of hydrogen-bond donors (Lipinski definition) is 2. The topological polar surface area (TPSA) is 74.3 Å². The van der Waals surface area contributed by atoms with E-state index >= 15 is 0 Å². The zero-order valence-corrected chi connectivity index (χ0v) is 19.5. The van der Waals surface area contributed by atoms with Gasteiger partial charge in [0.2, 0.25) is 5.91 Å². The Balaban J connectivity index is 1.12. The van der Waals surface area contributed by atoms with Crippen molar-refractivity contribution in [3.05, 3.63) is 78.6 Å². The van der Waals surface area contributed by atoms with Crippen LogP contribution in [0.4, 0.5) is 10.5 Å². The first-order valence-electron chi connectivity index (χ1n) is 12.1. The molecule has 2 heterocycles. The van der Waals surface area contributed by atoms with Gasteiger partial charge in [-0.2, -0.15) is 0 Å². The largest absolute Gasteiger partial charge is 0.353 e. The standard InChI is InChI=1S/C28H32N4O2/c33-27(14-13-23-8-6-17-29-21-23)30-18-4-3-7-22-15-19-32(20-16-22)28(34)31-26-12-5-10-24-9-1-2-11-25(24)26/h1-2,5-6,8-14,17,21-22H,3-4,7,15-16,18-20H2,(H,30,33)(H,31,34). The second-order valence-electron chi connectivity index (χ2n) is 8.79. The van der Waals surface area contributed by atoms with Crippen molar-refractivity contribution in [3.63, 3.8) is 0 Å². The molecule has 2 N–H and O–H groups in total. The summed E-state index contributed by atoms with van der Waals surface area (Å²) < 4.78 is 0. The van der Waals surface area contributed by atoms with Gasteiger partial charge >= 0.3 is 6.03 Å². The molecule has 0 bridgehead atoms. The number of unbranched alkanes of at least 4 members (excludes halogenated alkanes) is 1. The number of hydrogen-bond acceptors (Lipinski definition) is 3. The van der Waals surface area contributed by atoms with E-state index in [1.807, 2.05) is 47.4 Å². The number of amides is 3. The maximum Gasteiger partial charge on any atom is 0.321 e. The van der Waals surface area contributed by atoms with Gasteiger partial charge < -0.3 is 15.5 Å². The van der Waals surface area contributed by atoms with Gasteiger partial charge in [0.05, 0.1) is 5.69 Å². The Morgan fingerprint density at radius 2 is 1.82 bits per heavy atom. The van der Waals surface area contributed by atoms with E-state index < -0.39 is 0 Å². The predicted molar refractivity (Wildman–Crippen MR) is 137 cm³/mol. The minimum absolute atomic E-state index is 0.0168. The van der Waals surface area contributed by atoms with E-state index in [0.29, 0.717) is 12.5 Å². The fourth-order valence-electron chi connectivity index (χ4n) is 4.43. The Morgan fingerprint density at radius 3 is 2.65 bits per heavy atom. The number of likely N-dealkylation sites (tertiary alicyclic amines) is 1. The second-order valence-corrected chi connectivity index (χ2v) is 8.79. The van der Waals surface area contributed by atoms with E-state index in [9.17, 15) is 9.59 Å². The first kappa shape index (κ1) is 23.5. The van der Waals surface area contributed by atoms with Gasteiger partial charge in [0.15, 0.2) is 0 Å². The number of rotatable bonds is 8. The molecule has 1 aliphatic heterocycles.